The number of aromatic nitrogens is 1. The second kappa shape index (κ2) is 6.32. The molecule has 0 radical (unpaired) electrons. The monoisotopic (exact) mass is 330 g/mol. The Hall–Kier alpha value is -2.68. The lowest BCUT2D eigenvalue weighted by Crippen LogP contribution is -2.28. The van der Waals surface area contributed by atoms with Crippen molar-refractivity contribution in [2.75, 3.05) is 13.1 Å². The van der Waals surface area contributed by atoms with Gasteiger partial charge in [-0.05, 0) is 38.3 Å². The zero-order valence-corrected chi connectivity index (χ0v) is 14.7. The van der Waals surface area contributed by atoms with Gasteiger partial charge in [0.15, 0.2) is 0 Å². The number of rotatable bonds is 2. The van der Waals surface area contributed by atoms with E-state index in [2.05, 4.69) is 37.3 Å². The molecule has 0 unspecified atom stereocenters. The summed E-state index contributed by atoms with van der Waals surface area (Å²) in [5, 5.41) is 0.945. The van der Waals surface area contributed by atoms with Gasteiger partial charge in [0.2, 0.25) is 0 Å². The molecule has 1 saturated heterocycles. The summed E-state index contributed by atoms with van der Waals surface area (Å²) >= 11 is 0. The summed E-state index contributed by atoms with van der Waals surface area (Å²) in [6.07, 6.45) is 2.20. The van der Waals surface area contributed by atoms with Crippen LogP contribution in [0.5, 0.6) is 0 Å². The third-order valence-electron chi connectivity index (χ3n) is 4.95. The lowest BCUT2D eigenvalue weighted by Gasteiger charge is -2.18. The SMILES string of the molecule is Cc1ccc(-c2cccc3c(C(=O)N4CCCC4)cc(C)nc23)cc1. The number of pyridine rings is 1. The van der Waals surface area contributed by atoms with Gasteiger partial charge >= 0.3 is 0 Å². The van der Waals surface area contributed by atoms with Crippen molar-refractivity contribution < 1.29 is 4.79 Å². The zero-order chi connectivity index (χ0) is 17.4. The van der Waals surface area contributed by atoms with E-state index >= 15 is 0 Å². The highest BCUT2D eigenvalue weighted by Crippen LogP contribution is 2.30. The van der Waals surface area contributed by atoms with Gasteiger partial charge in [0.25, 0.3) is 5.91 Å². The Morgan fingerprint density at radius 1 is 1.00 bits per heavy atom. The first kappa shape index (κ1) is 15.8. The molecule has 0 N–H and O–H groups in total. The van der Waals surface area contributed by atoms with Crippen LogP contribution >= 0.6 is 0 Å². The molecule has 0 bridgehead atoms. The van der Waals surface area contributed by atoms with Crippen LogP contribution < -0.4 is 0 Å². The molecule has 1 aromatic heterocycles. The Morgan fingerprint density at radius 3 is 2.44 bits per heavy atom. The van der Waals surface area contributed by atoms with E-state index in [-0.39, 0.29) is 5.91 Å². The Kier molecular flexibility index (Phi) is 4.00. The van der Waals surface area contributed by atoms with Crippen LogP contribution in [0.15, 0.2) is 48.5 Å². The fourth-order valence-corrected chi connectivity index (χ4v) is 3.61. The molecule has 25 heavy (non-hydrogen) atoms. The van der Waals surface area contributed by atoms with E-state index in [1.54, 1.807) is 0 Å². The van der Waals surface area contributed by atoms with Crippen molar-refractivity contribution in [1.29, 1.82) is 0 Å². The van der Waals surface area contributed by atoms with Crippen molar-refractivity contribution in [2.45, 2.75) is 26.7 Å². The van der Waals surface area contributed by atoms with Gasteiger partial charge in [-0.3, -0.25) is 9.78 Å². The number of hydrogen-bond acceptors (Lipinski definition) is 2. The van der Waals surface area contributed by atoms with Crippen molar-refractivity contribution in [1.82, 2.24) is 9.88 Å². The van der Waals surface area contributed by atoms with Gasteiger partial charge in [0, 0.05) is 29.7 Å². The second-order valence-electron chi connectivity index (χ2n) is 6.88. The fourth-order valence-electron chi connectivity index (χ4n) is 3.61. The summed E-state index contributed by atoms with van der Waals surface area (Å²) in [7, 11) is 0. The number of carbonyl (C=O) groups is 1. The number of benzene rings is 2. The van der Waals surface area contributed by atoms with Crippen molar-refractivity contribution in [3.8, 4) is 11.1 Å². The molecule has 2 heterocycles. The molecule has 3 heteroatoms. The summed E-state index contributed by atoms with van der Waals surface area (Å²) in [5.41, 5.74) is 6.02. The topological polar surface area (TPSA) is 33.2 Å². The van der Waals surface area contributed by atoms with Crippen LogP contribution in [0.2, 0.25) is 0 Å². The number of hydrogen-bond donors (Lipinski definition) is 0. The molecule has 4 rings (SSSR count). The molecule has 3 nitrogen and oxygen atoms in total. The predicted molar refractivity (Wildman–Crippen MR) is 102 cm³/mol. The van der Waals surface area contributed by atoms with Gasteiger partial charge in [-0.2, -0.15) is 0 Å². The molecule has 0 aliphatic carbocycles. The third kappa shape index (κ3) is 2.91. The average Bonchev–Trinajstić information content (AvgIpc) is 3.15. The van der Waals surface area contributed by atoms with Crippen molar-refractivity contribution in [2.24, 2.45) is 0 Å². The number of amides is 1. The van der Waals surface area contributed by atoms with E-state index in [9.17, 15) is 4.79 Å². The largest absolute Gasteiger partial charge is 0.339 e. The molecule has 0 saturated carbocycles. The zero-order valence-electron chi connectivity index (χ0n) is 14.7. The van der Waals surface area contributed by atoms with Crippen LogP contribution in [0.4, 0.5) is 0 Å². The highest BCUT2D eigenvalue weighted by atomic mass is 16.2. The third-order valence-corrected chi connectivity index (χ3v) is 4.95. The highest BCUT2D eigenvalue weighted by Gasteiger charge is 2.22. The van der Waals surface area contributed by atoms with Crippen LogP contribution in [-0.2, 0) is 0 Å². The van der Waals surface area contributed by atoms with Crippen LogP contribution in [0.3, 0.4) is 0 Å². The summed E-state index contributed by atoms with van der Waals surface area (Å²) < 4.78 is 0. The van der Waals surface area contributed by atoms with E-state index in [1.807, 2.05) is 30.0 Å². The molecule has 0 atom stereocenters. The van der Waals surface area contributed by atoms with Crippen molar-refractivity contribution in [3.63, 3.8) is 0 Å². The lowest BCUT2D eigenvalue weighted by molar-refractivity contribution is 0.0794. The van der Waals surface area contributed by atoms with Crippen LogP contribution in [0.1, 0.15) is 34.5 Å². The number of fused-ring (bicyclic) bond motifs is 1. The second-order valence-corrected chi connectivity index (χ2v) is 6.88. The minimum Gasteiger partial charge on any atom is -0.339 e. The van der Waals surface area contributed by atoms with Gasteiger partial charge in [0.05, 0.1) is 11.1 Å². The van der Waals surface area contributed by atoms with E-state index in [0.717, 1.165) is 59.2 Å². The molecule has 126 valence electrons. The Labute approximate surface area is 148 Å². The molecular weight excluding hydrogens is 308 g/mol. The Balaban J connectivity index is 1.90. The first-order valence-electron chi connectivity index (χ1n) is 8.90. The van der Waals surface area contributed by atoms with E-state index in [1.165, 1.54) is 5.56 Å². The number of para-hydroxylation sites is 1. The lowest BCUT2D eigenvalue weighted by atomic mass is 9.98. The molecule has 0 spiro atoms. The minimum atomic E-state index is 0.133. The van der Waals surface area contributed by atoms with Crippen LogP contribution in [0, 0.1) is 13.8 Å². The normalized spacial score (nSPS) is 14.2. The molecule has 2 aromatic carbocycles. The molecule has 1 aliphatic rings. The fraction of sp³-hybridized carbons (Fsp3) is 0.273. The number of nitrogens with zero attached hydrogens (tertiary/aromatic N) is 2. The summed E-state index contributed by atoms with van der Waals surface area (Å²) in [6.45, 7) is 5.77. The summed E-state index contributed by atoms with van der Waals surface area (Å²) in [6, 6.07) is 16.5. The first-order chi connectivity index (χ1) is 12.1. The summed E-state index contributed by atoms with van der Waals surface area (Å²) in [5.74, 6) is 0.133. The van der Waals surface area contributed by atoms with E-state index in [4.69, 9.17) is 4.98 Å². The van der Waals surface area contributed by atoms with Crippen LogP contribution in [-0.4, -0.2) is 28.9 Å². The number of aryl methyl sites for hydroxylation is 2. The maximum Gasteiger partial charge on any atom is 0.254 e. The quantitative estimate of drug-likeness (QED) is 0.679. The van der Waals surface area contributed by atoms with Gasteiger partial charge in [-0.15, -0.1) is 0 Å². The Bertz CT molecular complexity index is 938. The average molecular weight is 330 g/mol. The van der Waals surface area contributed by atoms with E-state index in [0.29, 0.717) is 0 Å². The predicted octanol–water partition coefficient (Wildman–Crippen LogP) is 4.75. The van der Waals surface area contributed by atoms with E-state index < -0.39 is 0 Å². The molecule has 1 amide bonds. The maximum atomic E-state index is 13.0. The number of carbonyl (C=O) groups excluding carboxylic acids is 1. The minimum absolute atomic E-state index is 0.133. The van der Waals surface area contributed by atoms with Gasteiger partial charge in [-0.1, -0.05) is 48.0 Å². The van der Waals surface area contributed by atoms with Gasteiger partial charge < -0.3 is 4.90 Å². The standard InChI is InChI=1S/C22H22N2O/c1-15-8-10-17(11-9-15)18-6-5-7-19-20(14-16(2)23-21(18)19)22(25)24-12-3-4-13-24/h5-11,14H,3-4,12-13H2,1-2H3. The summed E-state index contributed by atoms with van der Waals surface area (Å²) in [4.78, 5) is 19.7. The maximum absolute atomic E-state index is 13.0. The van der Waals surface area contributed by atoms with Crippen molar-refractivity contribution in [3.05, 3.63) is 65.4 Å². The smallest absolute Gasteiger partial charge is 0.254 e. The molecule has 1 fully saturated rings. The number of likely N-dealkylation sites (tertiary alicyclic amines) is 1. The Morgan fingerprint density at radius 2 is 1.72 bits per heavy atom. The molecular formula is C22H22N2O. The van der Waals surface area contributed by atoms with Gasteiger partial charge in [-0.25, -0.2) is 0 Å². The molecule has 1 aliphatic heterocycles. The highest BCUT2D eigenvalue weighted by molar-refractivity contribution is 6.09. The van der Waals surface area contributed by atoms with Gasteiger partial charge in [0.1, 0.15) is 0 Å². The van der Waals surface area contributed by atoms with Crippen molar-refractivity contribution >= 4 is 16.8 Å². The first-order valence-corrected chi connectivity index (χ1v) is 8.90. The molecule has 3 aromatic rings. The van der Waals surface area contributed by atoms with Crippen LogP contribution in [0.25, 0.3) is 22.0 Å².